The van der Waals surface area contributed by atoms with Gasteiger partial charge in [0.25, 0.3) is 5.91 Å². The lowest BCUT2D eigenvalue weighted by Crippen LogP contribution is -2.44. The van der Waals surface area contributed by atoms with Crippen molar-refractivity contribution in [1.82, 2.24) is 15.5 Å². The number of carbonyl (C=O) groups excluding carboxylic acids is 1. The van der Waals surface area contributed by atoms with E-state index < -0.39 is 0 Å². The second-order valence-electron chi connectivity index (χ2n) is 11.1. The Kier molecular flexibility index (Phi) is 5.69. The standard InChI is InChI=1S/C31H31FN4O2/c32-27-4-2-1-3-25(27)29(18-5-6-18)33-31(38)20-9-14-28-26(15-20)30(35-34-28)19-7-10-21(11-8-19)36-22-12-13-23(36)17-24(37)16-22/h1-4,7-11,14-15,18,22-24,29,37H,5-6,12-13,16-17H2,(H,33,38)(H,34,35). The van der Waals surface area contributed by atoms with Crippen LogP contribution >= 0.6 is 0 Å². The molecule has 38 heavy (non-hydrogen) atoms. The van der Waals surface area contributed by atoms with Crippen LogP contribution in [0.5, 0.6) is 0 Å². The number of nitrogens with zero attached hydrogens (tertiary/aromatic N) is 2. The molecule has 194 valence electrons. The average Bonchev–Trinajstić information content (AvgIpc) is 3.62. The number of nitrogens with one attached hydrogen (secondary N) is 2. The van der Waals surface area contributed by atoms with E-state index in [0.717, 1.165) is 60.7 Å². The molecule has 2 bridgehead atoms. The largest absolute Gasteiger partial charge is 0.393 e. The minimum absolute atomic E-state index is 0.184. The van der Waals surface area contributed by atoms with Crippen molar-refractivity contribution in [2.45, 2.75) is 62.8 Å². The SMILES string of the molecule is O=C(NC(c1ccccc1F)C1CC1)c1ccc2[nH]nc(-c3ccc(N4C5CCC4CC(O)C5)cc3)c2c1. The predicted octanol–water partition coefficient (Wildman–Crippen LogP) is 5.74. The summed E-state index contributed by atoms with van der Waals surface area (Å²) in [6, 6.07) is 21.2. The highest BCUT2D eigenvalue weighted by atomic mass is 19.1. The normalized spacial score (nSPS) is 23.5. The van der Waals surface area contributed by atoms with E-state index in [4.69, 9.17) is 0 Å². The van der Waals surface area contributed by atoms with Gasteiger partial charge in [-0.25, -0.2) is 4.39 Å². The van der Waals surface area contributed by atoms with Gasteiger partial charge in [0.15, 0.2) is 0 Å². The quantitative estimate of drug-likeness (QED) is 0.309. The second kappa shape index (κ2) is 9.24. The number of amides is 1. The Bertz CT molecular complexity index is 1480. The minimum Gasteiger partial charge on any atom is -0.393 e. The molecule has 3 N–H and O–H groups in total. The molecule has 7 rings (SSSR count). The molecule has 3 aromatic carbocycles. The Morgan fingerprint density at radius 2 is 1.74 bits per heavy atom. The third kappa shape index (κ3) is 4.15. The first-order valence-electron chi connectivity index (χ1n) is 13.7. The molecule has 0 spiro atoms. The highest BCUT2D eigenvalue weighted by Crippen LogP contribution is 2.42. The van der Waals surface area contributed by atoms with Gasteiger partial charge in [-0.15, -0.1) is 0 Å². The summed E-state index contributed by atoms with van der Waals surface area (Å²) in [5.41, 5.74) is 4.89. The molecule has 1 aromatic heterocycles. The van der Waals surface area contributed by atoms with Crippen molar-refractivity contribution in [3.05, 3.63) is 83.7 Å². The first kappa shape index (κ1) is 23.4. The molecule has 3 aliphatic rings. The number of aliphatic hydroxyl groups excluding tert-OH is 1. The van der Waals surface area contributed by atoms with E-state index in [-0.39, 0.29) is 29.8 Å². The number of halogens is 1. The molecule has 1 saturated carbocycles. The highest BCUT2D eigenvalue weighted by Gasteiger charge is 2.40. The molecular formula is C31H31FN4O2. The molecule has 0 radical (unpaired) electrons. The van der Waals surface area contributed by atoms with Gasteiger partial charge in [0.2, 0.25) is 0 Å². The van der Waals surface area contributed by atoms with E-state index in [1.165, 1.54) is 11.8 Å². The van der Waals surface area contributed by atoms with Crippen LogP contribution in [0.4, 0.5) is 10.1 Å². The van der Waals surface area contributed by atoms with E-state index >= 15 is 0 Å². The van der Waals surface area contributed by atoms with Crippen LogP contribution in [0.15, 0.2) is 66.7 Å². The van der Waals surface area contributed by atoms with E-state index in [9.17, 15) is 14.3 Å². The first-order chi connectivity index (χ1) is 18.5. The van der Waals surface area contributed by atoms with Crippen LogP contribution in [0, 0.1) is 11.7 Å². The third-order valence-corrected chi connectivity index (χ3v) is 8.59. The van der Waals surface area contributed by atoms with Crippen molar-refractivity contribution < 1.29 is 14.3 Å². The van der Waals surface area contributed by atoms with Gasteiger partial charge in [-0.1, -0.05) is 30.3 Å². The molecule has 6 nitrogen and oxygen atoms in total. The van der Waals surface area contributed by atoms with Gasteiger partial charge in [-0.3, -0.25) is 9.89 Å². The number of hydrogen-bond donors (Lipinski definition) is 3. The molecular weight excluding hydrogens is 479 g/mol. The topological polar surface area (TPSA) is 81.2 Å². The summed E-state index contributed by atoms with van der Waals surface area (Å²) in [6.45, 7) is 0. The number of carbonyl (C=O) groups is 1. The van der Waals surface area contributed by atoms with Gasteiger partial charge in [-0.05, 0) is 80.8 Å². The first-order valence-corrected chi connectivity index (χ1v) is 13.7. The zero-order valence-corrected chi connectivity index (χ0v) is 21.1. The molecule has 1 amide bonds. The van der Waals surface area contributed by atoms with Gasteiger partial charge in [-0.2, -0.15) is 5.10 Å². The Labute approximate surface area is 220 Å². The van der Waals surface area contributed by atoms with Crippen molar-refractivity contribution in [1.29, 1.82) is 0 Å². The summed E-state index contributed by atoms with van der Waals surface area (Å²) >= 11 is 0. The number of anilines is 1. The van der Waals surface area contributed by atoms with E-state index in [1.807, 2.05) is 18.2 Å². The second-order valence-corrected chi connectivity index (χ2v) is 11.1. The summed E-state index contributed by atoms with van der Waals surface area (Å²) in [5, 5.41) is 21.8. The van der Waals surface area contributed by atoms with Gasteiger partial charge in [0, 0.05) is 39.8 Å². The van der Waals surface area contributed by atoms with Crippen LogP contribution < -0.4 is 10.2 Å². The minimum atomic E-state index is -0.332. The number of piperidine rings is 1. The Morgan fingerprint density at radius 1 is 1.00 bits per heavy atom. The maximum absolute atomic E-state index is 14.5. The Balaban J connectivity index is 1.14. The molecule has 3 heterocycles. The van der Waals surface area contributed by atoms with Crippen LogP contribution in [0.3, 0.4) is 0 Å². The Morgan fingerprint density at radius 3 is 2.45 bits per heavy atom. The fourth-order valence-corrected chi connectivity index (χ4v) is 6.57. The molecule has 3 unspecified atom stereocenters. The molecule has 4 aromatic rings. The fraction of sp³-hybridized carbons (Fsp3) is 0.355. The zero-order valence-electron chi connectivity index (χ0n) is 21.1. The fourth-order valence-electron chi connectivity index (χ4n) is 6.57. The lowest BCUT2D eigenvalue weighted by molar-refractivity contribution is 0.0931. The molecule has 1 aliphatic carbocycles. The monoisotopic (exact) mass is 510 g/mol. The average molecular weight is 511 g/mol. The van der Waals surface area contributed by atoms with Crippen LogP contribution in [0.1, 0.15) is 60.5 Å². The summed E-state index contributed by atoms with van der Waals surface area (Å²) in [4.78, 5) is 15.8. The Hall–Kier alpha value is -3.71. The number of aromatic nitrogens is 2. The maximum atomic E-state index is 14.5. The van der Waals surface area contributed by atoms with Crippen LogP contribution in [-0.2, 0) is 0 Å². The number of aliphatic hydroxyl groups is 1. The summed E-state index contributed by atoms with van der Waals surface area (Å²) in [7, 11) is 0. The molecule has 3 atom stereocenters. The van der Waals surface area contributed by atoms with Crippen LogP contribution in [0.25, 0.3) is 22.2 Å². The van der Waals surface area contributed by atoms with Gasteiger partial charge >= 0.3 is 0 Å². The van der Waals surface area contributed by atoms with Crippen molar-refractivity contribution in [2.24, 2.45) is 5.92 Å². The number of rotatable bonds is 6. The lowest BCUT2D eigenvalue weighted by atomic mass is 9.98. The number of H-pyrrole nitrogens is 1. The van der Waals surface area contributed by atoms with Crippen molar-refractivity contribution in [2.75, 3.05) is 4.90 Å². The molecule has 7 heteroatoms. The van der Waals surface area contributed by atoms with Crippen molar-refractivity contribution in [3.8, 4) is 11.3 Å². The predicted molar refractivity (Wildman–Crippen MR) is 145 cm³/mol. The summed E-state index contributed by atoms with van der Waals surface area (Å²) < 4.78 is 14.5. The van der Waals surface area contributed by atoms with E-state index in [0.29, 0.717) is 23.2 Å². The smallest absolute Gasteiger partial charge is 0.251 e. The zero-order chi connectivity index (χ0) is 25.8. The van der Waals surface area contributed by atoms with Gasteiger partial charge in [0.1, 0.15) is 5.82 Å². The van der Waals surface area contributed by atoms with E-state index in [2.05, 4.69) is 44.7 Å². The summed E-state index contributed by atoms with van der Waals surface area (Å²) in [5.74, 6) is -0.229. The van der Waals surface area contributed by atoms with Gasteiger partial charge in [0.05, 0.1) is 23.4 Å². The number of aromatic amines is 1. The molecule has 2 aliphatic heterocycles. The maximum Gasteiger partial charge on any atom is 0.251 e. The summed E-state index contributed by atoms with van der Waals surface area (Å²) in [6.07, 6.45) is 5.74. The van der Waals surface area contributed by atoms with Crippen molar-refractivity contribution in [3.63, 3.8) is 0 Å². The molecule has 3 fully saturated rings. The van der Waals surface area contributed by atoms with Crippen LogP contribution in [-0.4, -0.2) is 39.4 Å². The van der Waals surface area contributed by atoms with E-state index in [1.54, 1.807) is 18.2 Å². The highest BCUT2D eigenvalue weighted by molar-refractivity contribution is 6.01. The number of benzene rings is 3. The number of hydrogen-bond acceptors (Lipinski definition) is 4. The molecule has 2 saturated heterocycles. The van der Waals surface area contributed by atoms with Crippen LogP contribution in [0.2, 0.25) is 0 Å². The lowest BCUT2D eigenvalue weighted by Gasteiger charge is -2.39. The third-order valence-electron chi connectivity index (χ3n) is 8.59. The van der Waals surface area contributed by atoms with Gasteiger partial charge < -0.3 is 15.3 Å². The number of fused-ring (bicyclic) bond motifs is 3. The van der Waals surface area contributed by atoms with Crippen molar-refractivity contribution >= 4 is 22.5 Å².